The molecular formula is C13H23N3S2. The quantitative estimate of drug-likeness (QED) is 0.706. The summed E-state index contributed by atoms with van der Waals surface area (Å²) < 4.78 is 0. The molecule has 18 heavy (non-hydrogen) atoms. The second kappa shape index (κ2) is 7.48. The van der Waals surface area contributed by atoms with Gasteiger partial charge in [-0.2, -0.15) is 11.8 Å². The summed E-state index contributed by atoms with van der Waals surface area (Å²) in [6, 6.07) is 0.770. The van der Waals surface area contributed by atoms with Gasteiger partial charge in [-0.3, -0.25) is 0 Å². The molecule has 1 heterocycles. The smallest absolute Gasteiger partial charge is 0.107 e. The van der Waals surface area contributed by atoms with Gasteiger partial charge in [-0.05, 0) is 44.9 Å². The minimum absolute atomic E-state index is 0.770. The Morgan fingerprint density at radius 1 is 1.56 bits per heavy atom. The first-order valence-electron chi connectivity index (χ1n) is 6.62. The van der Waals surface area contributed by atoms with Gasteiger partial charge in [0, 0.05) is 24.5 Å². The average molecular weight is 285 g/mol. The SMILES string of the molecule is CSCCCN(C)Cc1csc(CNC2CC2)n1. The molecule has 0 aliphatic heterocycles. The minimum Gasteiger partial charge on any atom is -0.308 e. The zero-order chi connectivity index (χ0) is 12.8. The van der Waals surface area contributed by atoms with E-state index in [9.17, 15) is 0 Å². The molecule has 0 amide bonds. The van der Waals surface area contributed by atoms with Crippen LogP contribution in [0.25, 0.3) is 0 Å². The monoisotopic (exact) mass is 285 g/mol. The van der Waals surface area contributed by atoms with Crippen molar-refractivity contribution in [3.63, 3.8) is 0 Å². The number of aromatic nitrogens is 1. The van der Waals surface area contributed by atoms with Crippen LogP contribution in [0.2, 0.25) is 0 Å². The van der Waals surface area contributed by atoms with Crippen molar-refractivity contribution in [3.05, 3.63) is 16.1 Å². The lowest BCUT2D eigenvalue weighted by Crippen LogP contribution is -2.20. The van der Waals surface area contributed by atoms with Gasteiger partial charge in [0.15, 0.2) is 0 Å². The van der Waals surface area contributed by atoms with E-state index in [2.05, 4.69) is 33.9 Å². The van der Waals surface area contributed by atoms with Crippen LogP contribution < -0.4 is 5.32 Å². The van der Waals surface area contributed by atoms with Crippen molar-refractivity contribution in [1.29, 1.82) is 0 Å². The lowest BCUT2D eigenvalue weighted by molar-refractivity contribution is 0.325. The molecule has 0 unspecified atom stereocenters. The Labute approximate surface area is 118 Å². The van der Waals surface area contributed by atoms with Crippen molar-refractivity contribution in [2.45, 2.75) is 38.4 Å². The zero-order valence-electron chi connectivity index (χ0n) is 11.3. The largest absolute Gasteiger partial charge is 0.308 e. The molecule has 3 nitrogen and oxygen atoms in total. The third-order valence-corrected chi connectivity index (χ3v) is 4.63. The molecule has 0 saturated heterocycles. The third kappa shape index (κ3) is 5.26. The highest BCUT2D eigenvalue weighted by molar-refractivity contribution is 7.98. The summed E-state index contributed by atoms with van der Waals surface area (Å²) >= 11 is 3.71. The summed E-state index contributed by atoms with van der Waals surface area (Å²) in [6.45, 7) is 3.09. The van der Waals surface area contributed by atoms with Gasteiger partial charge in [0.05, 0.1) is 5.69 Å². The zero-order valence-corrected chi connectivity index (χ0v) is 12.9. The summed E-state index contributed by atoms with van der Waals surface area (Å²) in [4.78, 5) is 7.05. The van der Waals surface area contributed by atoms with Crippen LogP contribution in [0.5, 0.6) is 0 Å². The molecule has 1 aliphatic carbocycles. The number of hydrogen-bond donors (Lipinski definition) is 1. The summed E-state index contributed by atoms with van der Waals surface area (Å²) in [7, 11) is 2.18. The fourth-order valence-corrected chi connectivity index (χ4v) is 3.01. The van der Waals surface area contributed by atoms with Crippen molar-refractivity contribution >= 4 is 23.1 Å². The second-order valence-corrected chi connectivity index (χ2v) is 6.90. The highest BCUT2D eigenvalue weighted by atomic mass is 32.2. The number of nitrogens with one attached hydrogen (secondary N) is 1. The molecule has 1 N–H and O–H groups in total. The van der Waals surface area contributed by atoms with E-state index in [0.29, 0.717) is 0 Å². The molecule has 1 fully saturated rings. The van der Waals surface area contributed by atoms with Crippen molar-refractivity contribution < 1.29 is 0 Å². The molecular weight excluding hydrogens is 262 g/mol. The van der Waals surface area contributed by atoms with E-state index in [1.54, 1.807) is 11.3 Å². The maximum atomic E-state index is 4.69. The number of thiazole rings is 1. The first-order valence-corrected chi connectivity index (χ1v) is 8.89. The lowest BCUT2D eigenvalue weighted by atomic mass is 10.4. The molecule has 0 spiro atoms. The van der Waals surface area contributed by atoms with Crippen molar-refractivity contribution in [3.8, 4) is 0 Å². The normalized spacial score (nSPS) is 15.5. The molecule has 0 aromatic carbocycles. The van der Waals surface area contributed by atoms with E-state index in [-0.39, 0.29) is 0 Å². The van der Waals surface area contributed by atoms with Crippen LogP contribution in [0.4, 0.5) is 0 Å². The van der Waals surface area contributed by atoms with E-state index >= 15 is 0 Å². The van der Waals surface area contributed by atoms with E-state index in [4.69, 9.17) is 0 Å². The van der Waals surface area contributed by atoms with Crippen molar-refractivity contribution in [1.82, 2.24) is 15.2 Å². The molecule has 5 heteroatoms. The second-order valence-electron chi connectivity index (χ2n) is 4.97. The van der Waals surface area contributed by atoms with E-state index in [1.165, 1.54) is 35.7 Å². The Balaban J connectivity index is 1.67. The molecule has 1 aromatic rings. The number of hydrogen-bond acceptors (Lipinski definition) is 5. The fourth-order valence-electron chi connectivity index (χ4n) is 1.86. The van der Waals surface area contributed by atoms with Crippen molar-refractivity contribution in [2.75, 3.05) is 25.6 Å². The Morgan fingerprint density at radius 2 is 2.39 bits per heavy atom. The first-order chi connectivity index (χ1) is 8.78. The van der Waals surface area contributed by atoms with Gasteiger partial charge in [-0.1, -0.05) is 0 Å². The summed E-state index contributed by atoms with van der Waals surface area (Å²) in [5, 5.41) is 6.95. The van der Waals surface area contributed by atoms with Crippen LogP contribution in [0.15, 0.2) is 5.38 Å². The first kappa shape index (κ1) is 14.3. The van der Waals surface area contributed by atoms with Gasteiger partial charge in [0.25, 0.3) is 0 Å². The molecule has 0 atom stereocenters. The van der Waals surface area contributed by atoms with E-state index < -0.39 is 0 Å². The summed E-state index contributed by atoms with van der Waals surface area (Å²) in [5.41, 5.74) is 1.22. The number of thioether (sulfide) groups is 1. The molecule has 0 radical (unpaired) electrons. The van der Waals surface area contributed by atoms with Crippen LogP contribution in [-0.2, 0) is 13.1 Å². The highest BCUT2D eigenvalue weighted by Crippen LogP contribution is 2.20. The maximum Gasteiger partial charge on any atom is 0.107 e. The van der Waals surface area contributed by atoms with Crippen LogP contribution in [0.1, 0.15) is 30.0 Å². The van der Waals surface area contributed by atoms with Gasteiger partial charge in [-0.15, -0.1) is 11.3 Å². The van der Waals surface area contributed by atoms with Crippen LogP contribution >= 0.6 is 23.1 Å². The Hall–Kier alpha value is -0.100. The van der Waals surface area contributed by atoms with Gasteiger partial charge in [0.2, 0.25) is 0 Å². The topological polar surface area (TPSA) is 28.2 Å². The Bertz CT molecular complexity index is 350. The molecule has 1 aliphatic rings. The molecule has 1 saturated carbocycles. The lowest BCUT2D eigenvalue weighted by Gasteiger charge is -2.14. The van der Waals surface area contributed by atoms with E-state index in [0.717, 1.165) is 25.7 Å². The van der Waals surface area contributed by atoms with Gasteiger partial charge in [-0.25, -0.2) is 4.98 Å². The van der Waals surface area contributed by atoms with E-state index in [1.807, 2.05) is 11.8 Å². The Kier molecular flexibility index (Phi) is 5.95. The summed E-state index contributed by atoms with van der Waals surface area (Å²) in [6.07, 6.45) is 6.12. The highest BCUT2D eigenvalue weighted by Gasteiger charge is 2.20. The van der Waals surface area contributed by atoms with Gasteiger partial charge >= 0.3 is 0 Å². The predicted molar refractivity (Wildman–Crippen MR) is 81.3 cm³/mol. The third-order valence-electron chi connectivity index (χ3n) is 3.04. The van der Waals surface area contributed by atoms with Crippen LogP contribution in [0, 0.1) is 0 Å². The molecule has 0 bridgehead atoms. The summed E-state index contributed by atoms with van der Waals surface area (Å²) in [5.74, 6) is 1.25. The fraction of sp³-hybridized carbons (Fsp3) is 0.769. The standard InChI is InChI=1S/C13H23N3S2/c1-16(6-3-7-17-2)9-12-10-18-13(15-12)8-14-11-4-5-11/h10-11,14H,3-9H2,1-2H3. The van der Waals surface area contributed by atoms with Crippen LogP contribution in [-0.4, -0.2) is 41.5 Å². The maximum absolute atomic E-state index is 4.69. The number of nitrogens with zero attached hydrogens (tertiary/aromatic N) is 2. The molecule has 1 aromatic heterocycles. The van der Waals surface area contributed by atoms with Gasteiger partial charge < -0.3 is 10.2 Å². The minimum atomic E-state index is 0.770. The van der Waals surface area contributed by atoms with Gasteiger partial charge in [0.1, 0.15) is 5.01 Å². The number of rotatable bonds is 9. The van der Waals surface area contributed by atoms with Crippen LogP contribution in [0.3, 0.4) is 0 Å². The predicted octanol–water partition coefficient (Wildman–Crippen LogP) is 2.58. The molecule has 102 valence electrons. The molecule has 2 rings (SSSR count). The Morgan fingerprint density at radius 3 is 3.11 bits per heavy atom. The average Bonchev–Trinajstić information content (AvgIpc) is 3.08. The van der Waals surface area contributed by atoms with Crippen molar-refractivity contribution in [2.24, 2.45) is 0 Å².